The van der Waals surface area contributed by atoms with Crippen molar-refractivity contribution in [3.63, 3.8) is 0 Å². The van der Waals surface area contributed by atoms with Crippen LogP contribution in [0.3, 0.4) is 0 Å². The molecule has 6 heteroatoms. The number of rotatable bonds is 4. The molecule has 0 saturated carbocycles. The summed E-state index contributed by atoms with van der Waals surface area (Å²) < 4.78 is 13.2. The van der Waals surface area contributed by atoms with Gasteiger partial charge in [0.15, 0.2) is 0 Å². The smallest absolute Gasteiger partial charge is 0.268 e. The number of anilines is 1. The Hall–Kier alpha value is -2.11. The quantitative estimate of drug-likeness (QED) is 0.751. The lowest BCUT2D eigenvalue weighted by atomic mass is 10.1. The molecule has 0 saturated heterocycles. The van der Waals surface area contributed by atoms with Gasteiger partial charge < -0.3 is 0 Å². The van der Waals surface area contributed by atoms with Crippen LogP contribution in [-0.4, -0.2) is 17.6 Å². The zero-order valence-corrected chi connectivity index (χ0v) is 14.3. The molecule has 0 aliphatic carbocycles. The molecule has 3 nitrogen and oxygen atoms in total. The molecule has 0 spiro atoms. The maximum atomic E-state index is 13.2. The predicted octanol–water partition coefficient (Wildman–Crippen LogP) is 4.52. The summed E-state index contributed by atoms with van der Waals surface area (Å²) in [6.07, 6.45) is 0. The highest BCUT2D eigenvalue weighted by atomic mass is 35.5. The molecule has 0 atom stereocenters. The Morgan fingerprint density at radius 3 is 2.21 bits per heavy atom. The van der Waals surface area contributed by atoms with Crippen molar-refractivity contribution in [1.29, 1.82) is 0 Å². The first kappa shape index (κ1) is 16.7. The fourth-order valence-electron chi connectivity index (χ4n) is 2.48. The second-order valence-electron chi connectivity index (χ2n) is 5.07. The van der Waals surface area contributed by atoms with Gasteiger partial charge >= 0.3 is 0 Å². The zero-order valence-electron chi connectivity index (χ0n) is 12.8. The standard InChI is InChI=1S/C18H13ClFNO2S/c1-2-24-16-15(11-3-7-13(20)8-4-11)17(22)21(18(16)23)14-9-5-12(19)6-10-14/h3-10H,2H2,1H3. The van der Waals surface area contributed by atoms with Crippen LogP contribution in [0.2, 0.25) is 5.02 Å². The summed E-state index contributed by atoms with van der Waals surface area (Å²) in [5.41, 5.74) is 1.30. The van der Waals surface area contributed by atoms with E-state index < -0.39 is 11.7 Å². The largest absolute Gasteiger partial charge is 0.272 e. The Morgan fingerprint density at radius 2 is 1.62 bits per heavy atom. The van der Waals surface area contributed by atoms with E-state index in [0.717, 1.165) is 4.90 Å². The number of amides is 2. The van der Waals surface area contributed by atoms with Gasteiger partial charge in [-0.05, 0) is 47.7 Å². The molecular formula is C18H13ClFNO2S. The van der Waals surface area contributed by atoms with E-state index in [1.54, 1.807) is 24.3 Å². The minimum absolute atomic E-state index is 0.307. The van der Waals surface area contributed by atoms with Crippen molar-refractivity contribution in [3.8, 4) is 0 Å². The van der Waals surface area contributed by atoms with E-state index in [1.165, 1.54) is 36.0 Å². The maximum absolute atomic E-state index is 13.2. The Balaban J connectivity index is 2.07. The minimum atomic E-state index is -0.412. The van der Waals surface area contributed by atoms with Crippen LogP contribution in [0, 0.1) is 5.82 Å². The van der Waals surface area contributed by atoms with E-state index in [9.17, 15) is 14.0 Å². The number of benzene rings is 2. The third-order valence-electron chi connectivity index (χ3n) is 3.55. The number of nitrogens with zero attached hydrogens (tertiary/aromatic N) is 1. The van der Waals surface area contributed by atoms with Crippen LogP contribution in [0.1, 0.15) is 12.5 Å². The summed E-state index contributed by atoms with van der Waals surface area (Å²) in [5, 5.41) is 0.521. The van der Waals surface area contributed by atoms with E-state index in [2.05, 4.69) is 0 Å². The Kier molecular flexibility index (Phi) is 4.73. The molecule has 0 N–H and O–H groups in total. The fraction of sp³-hybridized carbons (Fsp3) is 0.111. The molecule has 3 rings (SSSR count). The van der Waals surface area contributed by atoms with Gasteiger partial charge in [-0.3, -0.25) is 9.59 Å². The van der Waals surface area contributed by atoms with E-state index in [4.69, 9.17) is 11.6 Å². The summed E-state index contributed by atoms with van der Waals surface area (Å²) in [4.78, 5) is 27.2. The van der Waals surface area contributed by atoms with Crippen molar-refractivity contribution in [2.45, 2.75) is 6.92 Å². The van der Waals surface area contributed by atoms with Crippen molar-refractivity contribution >= 4 is 46.4 Å². The summed E-state index contributed by atoms with van der Waals surface area (Å²) in [6.45, 7) is 1.91. The number of hydrogen-bond donors (Lipinski definition) is 0. The van der Waals surface area contributed by atoms with Crippen LogP contribution in [-0.2, 0) is 9.59 Å². The topological polar surface area (TPSA) is 37.4 Å². The lowest BCUT2D eigenvalue weighted by Crippen LogP contribution is -2.31. The van der Waals surface area contributed by atoms with Crippen LogP contribution in [0.15, 0.2) is 53.4 Å². The van der Waals surface area contributed by atoms with Gasteiger partial charge in [0.1, 0.15) is 5.82 Å². The van der Waals surface area contributed by atoms with Gasteiger partial charge in [-0.2, -0.15) is 0 Å². The molecule has 2 aromatic rings. The van der Waals surface area contributed by atoms with Gasteiger partial charge in [-0.25, -0.2) is 9.29 Å². The van der Waals surface area contributed by atoms with E-state index in [0.29, 0.717) is 32.5 Å². The normalized spacial score (nSPS) is 14.7. The lowest BCUT2D eigenvalue weighted by Gasteiger charge is -2.15. The SMILES string of the molecule is CCSC1=C(c2ccc(F)cc2)C(=O)N(c2ccc(Cl)cc2)C1=O. The minimum Gasteiger partial charge on any atom is -0.268 e. The summed E-state index contributed by atoms with van der Waals surface area (Å²) >= 11 is 7.18. The highest BCUT2D eigenvalue weighted by Gasteiger charge is 2.39. The van der Waals surface area contributed by atoms with E-state index in [-0.39, 0.29) is 5.91 Å². The summed E-state index contributed by atoms with van der Waals surface area (Å²) in [6, 6.07) is 12.1. The van der Waals surface area contributed by atoms with Gasteiger partial charge in [0.2, 0.25) is 0 Å². The molecular weight excluding hydrogens is 349 g/mol. The Labute approximate surface area is 148 Å². The third-order valence-corrected chi connectivity index (χ3v) is 4.76. The summed E-state index contributed by atoms with van der Waals surface area (Å²) in [7, 11) is 0. The molecule has 1 aliphatic rings. The second-order valence-corrected chi connectivity index (χ2v) is 6.78. The zero-order chi connectivity index (χ0) is 17.3. The van der Waals surface area contributed by atoms with Gasteiger partial charge in [-0.1, -0.05) is 30.7 Å². The Bertz CT molecular complexity index is 831. The fourth-order valence-corrected chi connectivity index (χ4v) is 3.46. The average Bonchev–Trinajstić information content (AvgIpc) is 2.81. The monoisotopic (exact) mass is 361 g/mol. The van der Waals surface area contributed by atoms with Crippen molar-refractivity contribution < 1.29 is 14.0 Å². The van der Waals surface area contributed by atoms with Crippen molar-refractivity contribution in [1.82, 2.24) is 0 Å². The van der Waals surface area contributed by atoms with E-state index in [1.807, 2.05) is 6.92 Å². The van der Waals surface area contributed by atoms with Crippen LogP contribution < -0.4 is 4.90 Å². The number of hydrogen-bond acceptors (Lipinski definition) is 3. The van der Waals surface area contributed by atoms with Gasteiger partial charge in [0.25, 0.3) is 11.8 Å². The predicted molar refractivity (Wildman–Crippen MR) is 95.4 cm³/mol. The maximum Gasteiger partial charge on any atom is 0.272 e. The highest BCUT2D eigenvalue weighted by Crippen LogP contribution is 2.38. The second kappa shape index (κ2) is 6.79. The third kappa shape index (κ3) is 2.97. The first-order valence-electron chi connectivity index (χ1n) is 7.30. The number of carbonyl (C=O) groups is 2. The van der Waals surface area contributed by atoms with Crippen LogP contribution in [0.5, 0.6) is 0 Å². The molecule has 0 unspecified atom stereocenters. The Morgan fingerprint density at radius 1 is 1.00 bits per heavy atom. The molecule has 122 valence electrons. The molecule has 24 heavy (non-hydrogen) atoms. The van der Waals surface area contributed by atoms with Gasteiger partial charge in [-0.15, -0.1) is 11.8 Å². The molecule has 2 aromatic carbocycles. The lowest BCUT2D eigenvalue weighted by molar-refractivity contribution is -0.119. The van der Waals surface area contributed by atoms with Crippen molar-refractivity contribution in [2.75, 3.05) is 10.7 Å². The van der Waals surface area contributed by atoms with Crippen LogP contribution >= 0.6 is 23.4 Å². The number of thioether (sulfide) groups is 1. The number of imide groups is 1. The number of carbonyl (C=O) groups excluding carboxylic acids is 2. The summed E-state index contributed by atoms with van der Waals surface area (Å²) in [5.74, 6) is -0.526. The molecule has 0 fully saturated rings. The van der Waals surface area contributed by atoms with Crippen LogP contribution in [0.25, 0.3) is 5.57 Å². The van der Waals surface area contributed by atoms with Gasteiger partial charge in [0.05, 0.1) is 16.2 Å². The molecule has 0 aromatic heterocycles. The van der Waals surface area contributed by atoms with Crippen molar-refractivity contribution in [2.24, 2.45) is 0 Å². The van der Waals surface area contributed by atoms with Gasteiger partial charge in [0, 0.05) is 5.02 Å². The van der Waals surface area contributed by atoms with Crippen molar-refractivity contribution in [3.05, 3.63) is 69.8 Å². The first-order chi connectivity index (χ1) is 11.5. The first-order valence-corrected chi connectivity index (χ1v) is 8.66. The highest BCUT2D eigenvalue weighted by molar-refractivity contribution is 8.04. The number of halogens is 2. The molecule has 0 radical (unpaired) electrons. The average molecular weight is 362 g/mol. The molecule has 1 heterocycles. The molecule has 0 bridgehead atoms. The molecule has 2 amide bonds. The van der Waals surface area contributed by atoms with Crippen LogP contribution in [0.4, 0.5) is 10.1 Å². The van der Waals surface area contributed by atoms with E-state index >= 15 is 0 Å². The molecule has 1 aliphatic heterocycles.